The summed E-state index contributed by atoms with van der Waals surface area (Å²) in [5.41, 5.74) is 0.890. The molecule has 0 aliphatic carbocycles. The zero-order valence-electron chi connectivity index (χ0n) is 10.7. The van der Waals surface area contributed by atoms with E-state index in [9.17, 15) is 4.79 Å². The van der Waals surface area contributed by atoms with Gasteiger partial charge in [0.15, 0.2) is 6.10 Å². The molecule has 1 heterocycles. The average molecular weight is 248 g/mol. The molecule has 1 aliphatic heterocycles. The monoisotopic (exact) mass is 248 g/mol. The minimum absolute atomic E-state index is 0.0580. The molecule has 0 bridgehead atoms. The second kappa shape index (κ2) is 6.52. The van der Waals surface area contributed by atoms with Crippen molar-refractivity contribution in [2.45, 2.75) is 25.0 Å². The fourth-order valence-electron chi connectivity index (χ4n) is 2.27. The Labute approximate surface area is 108 Å². The lowest BCUT2D eigenvalue weighted by Crippen LogP contribution is -2.47. The summed E-state index contributed by atoms with van der Waals surface area (Å²) in [5.74, 6) is -0.0580. The largest absolute Gasteiger partial charge is 0.367 e. The Bertz CT molecular complexity index is 375. The van der Waals surface area contributed by atoms with Gasteiger partial charge in [-0.1, -0.05) is 30.3 Å². The first-order valence-corrected chi connectivity index (χ1v) is 6.40. The minimum atomic E-state index is -0.520. The first-order chi connectivity index (χ1) is 8.81. The minimum Gasteiger partial charge on any atom is -0.367 e. The van der Waals surface area contributed by atoms with Crippen LogP contribution in [0.1, 0.15) is 24.5 Å². The molecular formula is C14H20N2O2. The van der Waals surface area contributed by atoms with Crippen LogP contribution in [0, 0.1) is 0 Å². The Kier molecular flexibility index (Phi) is 4.73. The molecular weight excluding hydrogens is 228 g/mol. The molecule has 1 aromatic rings. The van der Waals surface area contributed by atoms with E-state index in [1.54, 1.807) is 7.11 Å². The van der Waals surface area contributed by atoms with Crippen LogP contribution in [0.15, 0.2) is 30.3 Å². The van der Waals surface area contributed by atoms with Gasteiger partial charge in [0.2, 0.25) is 0 Å². The standard InChI is InChI=1S/C14H20N2O2/c1-18-13(11-6-3-2-4-7-11)14(17)16-12-8-5-9-15-10-12/h2-4,6-7,12-13,15H,5,8-10H2,1H3,(H,16,17)/t12-,13?/m0/s1. The fourth-order valence-corrected chi connectivity index (χ4v) is 2.27. The average Bonchev–Trinajstić information content (AvgIpc) is 2.42. The molecule has 4 heteroatoms. The van der Waals surface area contributed by atoms with Crippen molar-refractivity contribution in [3.63, 3.8) is 0 Å². The number of ether oxygens (including phenoxy) is 1. The van der Waals surface area contributed by atoms with E-state index >= 15 is 0 Å². The molecule has 1 unspecified atom stereocenters. The van der Waals surface area contributed by atoms with E-state index in [0.717, 1.165) is 31.5 Å². The zero-order chi connectivity index (χ0) is 12.8. The maximum Gasteiger partial charge on any atom is 0.254 e. The van der Waals surface area contributed by atoms with Crippen LogP contribution in [0.5, 0.6) is 0 Å². The molecule has 4 nitrogen and oxygen atoms in total. The number of benzene rings is 1. The number of carbonyl (C=O) groups excluding carboxylic acids is 1. The second-order valence-electron chi connectivity index (χ2n) is 4.58. The van der Waals surface area contributed by atoms with Gasteiger partial charge >= 0.3 is 0 Å². The summed E-state index contributed by atoms with van der Waals surface area (Å²) in [7, 11) is 1.57. The molecule has 0 saturated carbocycles. The maximum atomic E-state index is 12.2. The molecule has 2 atom stereocenters. The van der Waals surface area contributed by atoms with E-state index < -0.39 is 6.10 Å². The van der Waals surface area contributed by atoms with Crippen LogP contribution in [-0.2, 0) is 9.53 Å². The number of hydrogen-bond donors (Lipinski definition) is 2. The van der Waals surface area contributed by atoms with E-state index in [1.807, 2.05) is 30.3 Å². The molecule has 1 aromatic carbocycles. The quantitative estimate of drug-likeness (QED) is 0.843. The Morgan fingerprint density at radius 2 is 2.22 bits per heavy atom. The lowest BCUT2D eigenvalue weighted by Gasteiger charge is -2.26. The Balaban J connectivity index is 1.97. The molecule has 1 amide bonds. The number of amides is 1. The first kappa shape index (κ1) is 13.1. The molecule has 0 radical (unpaired) electrons. The number of hydrogen-bond acceptors (Lipinski definition) is 3. The summed E-state index contributed by atoms with van der Waals surface area (Å²) >= 11 is 0. The lowest BCUT2D eigenvalue weighted by molar-refractivity contribution is -0.132. The van der Waals surface area contributed by atoms with Crippen molar-refractivity contribution in [2.24, 2.45) is 0 Å². The van der Waals surface area contributed by atoms with Crippen LogP contribution in [0.25, 0.3) is 0 Å². The molecule has 98 valence electrons. The summed E-state index contributed by atoms with van der Waals surface area (Å²) in [5, 5.41) is 6.32. The number of methoxy groups -OCH3 is 1. The number of nitrogens with one attached hydrogen (secondary N) is 2. The third-order valence-corrected chi connectivity index (χ3v) is 3.22. The van der Waals surface area contributed by atoms with Crippen LogP contribution >= 0.6 is 0 Å². The topological polar surface area (TPSA) is 50.4 Å². The van der Waals surface area contributed by atoms with Gasteiger partial charge in [0.05, 0.1) is 0 Å². The summed E-state index contributed by atoms with van der Waals surface area (Å²) < 4.78 is 5.31. The van der Waals surface area contributed by atoms with Gasteiger partial charge in [0, 0.05) is 19.7 Å². The molecule has 1 saturated heterocycles. The zero-order valence-corrected chi connectivity index (χ0v) is 10.7. The van der Waals surface area contributed by atoms with Crippen LogP contribution in [0.3, 0.4) is 0 Å². The van der Waals surface area contributed by atoms with E-state index in [-0.39, 0.29) is 11.9 Å². The fraction of sp³-hybridized carbons (Fsp3) is 0.500. The van der Waals surface area contributed by atoms with Crippen molar-refractivity contribution < 1.29 is 9.53 Å². The summed E-state index contributed by atoms with van der Waals surface area (Å²) in [6.07, 6.45) is 1.62. The lowest BCUT2D eigenvalue weighted by atomic mass is 10.1. The van der Waals surface area contributed by atoms with Crippen molar-refractivity contribution in [3.05, 3.63) is 35.9 Å². The summed E-state index contributed by atoms with van der Waals surface area (Å²) in [6, 6.07) is 9.79. The van der Waals surface area contributed by atoms with Crippen molar-refractivity contribution in [1.82, 2.24) is 10.6 Å². The third kappa shape index (κ3) is 3.31. The van der Waals surface area contributed by atoms with Gasteiger partial charge in [0.25, 0.3) is 5.91 Å². The summed E-state index contributed by atoms with van der Waals surface area (Å²) in [4.78, 5) is 12.2. The highest BCUT2D eigenvalue weighted by molar-refractivity contribution is 5.82. The maximum absolute atomic E-state index is 12.2. The van der Waals surface area contributed by atoms with Gasteiger partial charge < -0.3 is 15.4 Å². The first-order valence-electron chi connectivity index (χ1n) is 6.40. The van der Waals surface area contributed by atoms with Crippen LogP contribution in [-0.4, -0.2) is 32.1 Å². The van der Waals surface area contributed by atoms with Gasteiger partial charge in [-0.15, -0.1) is 0 Å². The van der Waals surface area contributed by atoms with Crippen LogP contribution in [0.2, 0.25) is 0 Å². The SMILES string of the molecule is COC(C(=O)N[C@H]1CCCNC1)c1ccccc1. The van der Waals surface area contributed by atoms with Gasteiger partial charge in [-0.05, 0) is 24.9 Å². The molecule has 2 N–H and O–H groups in total. The van der Waals surface area contributed by atoms with E-state index in [1.165, 1.54) is 0 Å². The van der Waals surface area contributed by atoms with E-state index in [0.29, 0.717) is 0 Å². The van der Waals surface area contributed by atoms with Crippen molar-refractivity contribution in [3.8, 4) is 0 Å². The number of piperidine rings is 1. The normalized spacial score (nSPS) is 21.3. The molecule has 0 spiro atoms. The number of rotatable bonds is 4. The molecule has 0 aromatic heterocycles. The highest BCUT2D eigenvalue weighted by atomic mass is 16.5. The Morgan fingerprint density at radius 3 is 2.83 bits per heavy atom. The van der Waals surface area contributed by atoms with Crippen LogP contribution in [0.4, 0.5) is 0 Å². The van der Waals surface area contributed by atoms with Gasteiger partial charge in [0.1, 0.15) is 0 Å². The predicted molar refractivity (Wildman–Crippen MR) is 70.2 cm³/mol. The third-order valence-electron chi connectivity index (χ3n) is 3.22. The Morgan fingerprint density at radius 1 is 1.44 bits per heavy atom. The van der Waals surface area contributed by atoms with Gasteiger partial charge in [-0.3, -0.25) is 4.79 Å². The summed E-state index contributed by atoms with van der Waals surface area (Å²) in [6.45, 7) is 1.88. The van der Waals surface area contributed by atoms with Crippen LogP contribution < -0.4 is 10.6 Å². The van der Waals surface area contributed by atoms with Crippen molar-refractivity contribution >= 4 is 5.91 Å². The Hall–Kier alpha value is -1.39. The van der Waals surface area contributed by atoms with Crippen molar-refractivity contribution in [2.75, 3.05) is 20.2 Å². The number of carbonyl (C=O) groups is 1. The molecule has 18 heavy (non-hydrogen) atoms. The highest BCUT2D eigenvalue weighted by Crippen LogP contribution is 2.16. The smallest absolute Gasteiger partial charge is 0.254 e. The molecule has 1 aliphatic rings. The van der Waals surface area contributed by atoms with Gasteiger partial charge in [-0.25, -0.2) is 0 Å². The van der Waals surface area contributed by atoms with Crippen molar-refractivity contribution in [1.29, 1.82) is 0 Å². The molecule has 1 fully saturated rings. The van der Waals surface area contributed by atoms with E-state index in [4.69, 9.17) is 4.74 Å². The molecule has 2 rings (SSSR count). The van der Waals surface area contributed by atoms with Gasteiger partial charge in [-0.2, -0.15) is 0 Å². The van der Waals surface area contributed by atoms with E-state index in [2.05, 4.69) is 10.6 Å². The predicted octanol–water partition coefficient (Wildman–Crippen LogP) is 1.24. The highest BCUT2D eigenvalue weighted by Gasteiger charge is 2.23. The second-order valence-corrected chi connectivity index (χ2v) is 4.58.